The molecule has 0 atom stereocenters. The van der Waals surface area contributed by atoms with Crippen molar-refractivity contribution in [3.05, 3.63) is 72.4 Å². The number of carbonyl (C=O) groups excluding carboxylic acids is 1. The number of hydrogen-bond donors (Lipinski definition) is 1. The highest BCUT2D eigenvalue weighted by atomic mass is 16.5. The SMILES string of the molecule is CC(C)OCCCNC(=O)c1cn(-c2ccccc2)nc1-c1ccccc1. The molecular formula is C22H25N3O2. The molecule has 0 fully saturated rings. The number of carbonyl (C=O) groups is 1. The molecule has 0 aliphatic rings. The molecule has 0 saturated carbocycles. The van der Waals surface area contributed by atoms with Crippen LogP contribution >= 0.6 is 0 Å². The maximum atomic E-state index is 12.8. The Hall–Kier alpha value is -2.92. The molecule has 0 aliphatic heterocycles. The summed E-state index contributed by atoms with van der Waals surface area (Å²) in [5.74, 6) is -0.124. The molecular weight excluding hydrogens is 338 g/mol. The summed E-state index contributed by atoms with van der Waals surface area (Å²) in [4.78, 5) is 12.8. The summed E-state index contributed by atoms with van der Waals surface area (Å²) in [6.45, 7) is 5.20. The third-order valence-electron chi connectivity index (χ3n) is 4.08. The van der Waals surface area contributed by atoms with Gasteiger partial charge in [0.2, 0.25) is 0 Å². The van der Waals surface area contributed by atoms with Crippen LogP contribution < -0.4 is 5.32 Å². The van der Waals surface area contributed by atoms with Crippen LogP contribution in [0.2, 0.25) is 0 Å². The number of hydrogen-bond acceptors (Lipinski definition) is 3. The van der Waals surface area contributed by atoms with Crippen LogP contribution in [0.15, 0.2) is 66.9 Å². The van der Waals surface area contributed by atoms with Crippen molar-refractivity contribution in [2.45, 2.75) is 26.4 Å². The Morgan fingerprint density at radius 1 is 1.07 bits per heavy atom. The predicted molar refractivity (Wildman–Crippen MR) is 107 cm³/mol. The second-order valence-corrected chi connectivity index (χ2v) is 6.57. The van der Waals surface area contributed by atoms with Crippen LogP contribution in [0, 0.1) is 0 Å². The van der Waals surface area contributed by atoms with E-state index in [1.807, 2.05) is 74.5 Å². The fraction of sp³-hybridized carbons (Fsp3) is 0.273. The van der Waals surface area contributed by atoms with Gasteiger partial charge in [-0.25, -0.2) is 4.68 Å². The second-order valence-electron chi connectivity index (χ2n) is 6.57. The molecule has 1 N–H and O–H groups in total. The van der Waals surface area contributed by atoms with Crippen molar-refractivity contribution in [3.8, 4) is 16.9 Å². The van der Waals surface area contributed by atoms with E-state index in [-0.39, 0.29) is 12.0 Å². The fourth-order valence-corrected chi connectivity index (χ4v) is 2.75. The number of amides is 1. The van der Waals surface area contributed by atoms with Gasteiger partial charge in [0.25, 0.3) is 5.91 Å². The van der Waals surface area contributed by atoms with Crippen LogP contribution in [0.25, 0.3) is 16.9 Å². The van der Waals surface area contributed by atoms with Gasteiger partial charge in [-0.15, -0.1) is 0 Å². The Morgan fingerprint density at radius 3 is 2.41 bits per heavy atom. The van der Waals surface area contributed by atoms with Crippen LogP contribution in [0.3, 0.4) is 0 Å². The molecule has 1 heterocycles. The summed E-state index contributed by atoms with van der Waals surface area (Å²) < 4.78 is 7.27. The molecule has 5 nitrogen and oxygen atoms in total. The van der Waals surface area contributed by atoms with Gasteiger partial charge in [0, 0.05) is 24.9 Å². The number of nitrogens with one attached hydrogen (secondary N) is 1. The van der Waals surface area contributed by atoms with Crippen LogP contribution in [-0.4, -0.2) is 34.9 Å². The molecule has 3 aromatic rings. The topological polar surface area (TPSA) is 56.1 Å². The van der Waals surface area contributed by atoms with Gasteiger partial charge in [0.1, 0.15) is 5.69 Å². The minimum absolute atomic E-state index is 0.124. The number of ether oxygens (including phenoxy) is 1. The lowest BCUT2D eigenvalue weighted by molar-refractivity contribution is 0.0757. The quantitative estimate of drug-likeness (QED) is 0.614. The van der Waals surface area contributed by atoms with Gasteiger partial charge in [-0.05, 0) is 32.4 Å². The molecule has 2 aromatic carbocycles. The molecule has 3 rings (SSSR count). The van der Waals surface area contributed by atoms with Crippen LogP contribution in [0.4, 0.5) is 0 Å². The lowest BCUT2D eigenvalue weighted by Gasteiger charge is -2.08. The summed E-state index contributed by atoms with van der Waals surface area (Å²) in [7, 11) is 0. The molecule has 0 radical (unpaired) electrons. The van der Waals surface area contributed by atoms with E-state index in [0.717, 1.165) is 17.7 Å². The van der Waals surface area contributed by atoms with Gasteiger partial charge in [-0.1, -0.05) is 48.5 Å². The summed E-state index contributed by atoms with van der Waals surface area (Å²) in [5, 5.41) is 7.65. The Morgan fingerprint density at radius 2 is 1.74 bits per heavy atom. The molecule has 0 saturated heterocycles. The first kappa shape index (κ1) is 18.9. The molecule has 0 bridgehead atoms. The third kappa shape index (κ3) is 5.05. The number of benzene rings is 2. The molecule has 140 valence electrons. The maximum absolute atomic E-state index is 12.8. The first-order chi connectivity index (χ1) is 13.1. The Balaban J connectivity index is 1.80. The van der Waals surface area contributed by atoms with Crippen LogP contribution in [0.5, 0.6) is 0 Å². The van der Waals surface area contributed by atoms with Crippen molar-refractivity contribution in [2.24, 2.45) is 0 Å². The summed E-state index contributed by atoms with van der Waals surface area (Å²) in [5.41, 5.74) is 3.07. The van der Waals surface area contributed by atoms with Crippen molar-refractivity contribution in [1.82, 2.24) is 15.1 Å². The molecule has 0 spiro atoms. The summed E-state index contributed by atoms with van der Waals surface area (Å²) in [6, 6.07) is 19.6. The average molecular weight is 363 g/mol. The highest BCUT2D eigenvalue weighted by Crippen LogP contribution is 2.23. The van der Waals surface area contributed by atoms with E-state index in [1.54, 1.807) is 10.9 Å². The number of aromatic nitrogens is 2. The van der Waals surface area contributed by atoms with Gasteiger partial charge in [-0.3, -0.25) is 4.79 Å². The van der Waals surface area contributed by atoms with Crippen LogP contribution in [0.1, 0.15) is 30.6 Å². The summed E-state index contributed by atoms with van der Waals surface area (Å²) in [6.07, 6.45) is 2.77. The molecule has 0 unspecified atom stereocenters. The van der Waals surface area contributed by atoms with Gasteiger partial charge in [0.15, 0.2) is 0 Å². The number of nitrogens with zero attached hydrogens (tertiary/aromatic N) is 2. The largest absolute Gasteiger partial charge is 0.379 e. The standard InChI is InChI=1S/C22H25N3O2/c1-17(2)27-15-9-14-23-22(26)20-16-25(19-12-7-4-8-13-19)24-21(20)18-10-5-3-6-11-18/h3-8,10-13,16-17H,9,14-15H2,1-2H3,(H,23,26). The Kier molecular flexibility index (Phi) is 6.39. The van der Waals surface area contributed by atoms with Crippen molar-refractivity contribution in [2.75, 3.05) is 13.2 Å². The zero-order valence-electron chi connectivity index (χ0n) is 15.8. The number of para-hydroxylation sites is 1. The second kappa shape index (κ2) is 9.14. The van der Waals surface area contributed by atoms with E-state index in [2.05, 4.69) is 10.4 Å². The van der Waals surface area contributed by atoms with E-state index in [0.29, 0.717) is 24.4 Å². The Bertz CT molecular complexity index is 858. The number of rotatable bonds is 8. The molecule has 1 amide bonds. The highest BCUT2D eigenvalue weighted by molar-refractivity contribution is 5.99. The van der Waals surface area contributed by atoms with Gasteiger partial charge < -0.3 is 10.1 Å². The van der Waals surface area contributed by atoms with Gasteiger partial charge in [0.05, 0.1) is 17.4 Å². The fourth-order valence-electron chi connectivity index (χ4n) is 2.75. The third-order valence-corrected chi connectivity index (χ3v) is 4.08. The van der Waals surface area contributed by atoms with Crippen molar-refractivity contribution in [3.63, 3.8) is 0 Å². The monoisotopic (exact) mass is 363 g/mol. The van der Waals surface area contributed by atoms with Crippen molar-refractivity contribution in [1.29, 1.82) is 0 Å². The first-order valence-corrected chi connectivity index (χ1v) is 9.25. The van der Waals surface area contributed by atoms with E-state index in [1.165, 1.54) is 0 Å². The van der Waals surface area contributed by atoms with E-state index >= 15 is 0 Å². The zero-order valence-corrected chi connectivity index (χ0v) is 15.8. The first-order valence-electron chi connectivity index (χ1n) is 9.25. The smallest absolute Gasteiger partial charge is 0.255 e. The van der Waals surface area contributed by atoms with E-state index < -0.39 is 0 Å². The zero-order chi connectivity index (χ0) is 19.1. The minimum atomic E-state index is -0.124. The van der Waals surface area contributed by atoms with Crippen molar-refractivity contribution < 1.29 is 9.53 Å². The lowest BCUT2D eigenvalue weighted by atomic mass is 10.1. The normalized spacial score (nSPS) is 10.9. The van der Waals surface area contributed by atoms with Crippen LogP contribution in [-0.2, 0) is 4.74 Å². The molecule has 1 aromatic heterocycles. The summed E-state index contributed by atoms with van der Waals surface area (Å²) >= 11 is 0. The molecule has 5 heteroatoms. The Labute approximate surface area is 160 Å². The van der Waals surface area contributed by atoms with E-state index in [9.17, 15) is 4.79 Å². The predicted octanol–water partition coefficient (Wildman–Crippen LogP) is 4.08. The van der Waals surface area contributed by atoms with Gasteiger partial charge >= 0.3 is 0 Å². The van der Waals surface area contributed by atoms with Crippen molar-refractivity contribution >= 4 is 5.91 Å². The van der Waals surface area contributed by atoms with E-state index in [4.69, 9.17) is 4.74 Å². The lowest BCUT2D eigenvalue weighted by Crippen LogP contribution is -2.25. The highest BCUT2D eigenvalue weighted by Gasteiger charge is 2.18. The minimum Gasteiger partial charge on any atom is -0.379 e. The molecule has 0 aliphatic carbocycles. The van der Waals surface area contributed by atoms with Gasteiger partial charge in [-0.2, -0.15) is 5.10 Å². The maximum Gasteiger partial charge on any atom is 0.255 e. The molecule has 27 heavy (non-hydrogen) atoms. The average Bonchev–Trinajstić information content (AvgIpc) is 3.14.